The van der Waals surface area contributed by atoms with Crippen molar-refractivity contribution in [3.8, 4) is 11.8 Å². The highest BCUT2D eigenvalue weighted by atomic mass is 16.5. The van der Waals surface area contributed by atoms with Crippen LogP contribution in [-0.4, -0.2) is 24.4 Å². The van der Waals surface area contributed by atoms with E-state index in [-0.39, 0.29) is 12.7 Å². The first-order chi connectivity index (χ1) is 9.28. The van der Waals surface area contributed by atoms with Crippen LogP contribution in [0.25, 0.3) is 0 Å². The van der Waals surface area contributed by atoms with Gasteiger partial charge in [-0.15, -0.1) is 0 Å². The minimum absolute atomic E-state index is 0.0802. The molecule has 2 N–H and O–H groups in total. The van der Waals surface area contributed by atoms with Gasteiger partial charge >= 0.3 is 0 Å². The highest BCUT2D eigenvalue weighted by Crippen LogP contribution is 2.24. The third kappa shape index (κ3) is 4.55. The normalized spacial score (nSPS) is 22.1. The van der Waals surface area contributed by atoms with Crippen LogP contribution in [0.4, 0.5) is 0 Å². The van der Waals surface area contributed by atoms with E-state index in [0.29, 0.717) is 5.92 Å². The summed E-state index contributed by atoms with van der Waals surface area (Å²) in [6.45, 7) is 1.81. The third-order valence-corrected chi connectivity index (χ3v) is 3.48. The first-order valence-electron chi connectivity index (χ1n) is 6.75. The molecule has 102 valence electrons. The lowest BCUT2D eigenvalue weighted by Crippen LogP contribution is -2.21. The Morgan fingerprint density at radius 2 is 2.32 bits per heavy atom. The molecule has 2 atom stereocenters. The number of hydrogen-bond acceptors (Lipinski definition) is 4. The molecule has 1 fully saturated rings. The number of hydrogen-bond donors (Lipinski definition) is 2. The van der Waals surface area contributed by atoms with Gasteiger partial charge in [0.1, 0.15) is 11.8 Å². The van der Waals surface area contributed by atoms with Crippen LogP contribution in [0.15, 0.2) is 24.3 Å². The molecule has 0 aliphatic heterocycles. The second-order valence-corrected chi connectivity index (χ2v) is 5.06. The second-order valence-electron chi connectivity index (χ2n) is 5.06. The zero-order valence-corrected chi connectivity index (χ0v) is 11.0. The molecule has 0 amide bonds. The van der Waals surface area contributed by atoms with Crippen LogP contribution in [0.5, 0.6) is 5.75 Å². The lowest BCUT2D eigenvalue weighted by atomic mass is 10.1. The molecular formula is C15H20N2O2. The Bertz CT molecular complexity index is 442. The molecule has 0 bridgehead atoms. The maximum absolute atomic E-state index is 9.46. The van der Waals surface area contributed by atoms with E-state index in [1.807, 2.05) is 30.3 Å². The standard InChI is InChI=1S/C15H20N2O2/c16-6-7-19-15-3-1-2-12(9-15)10-17-11-13-4-5-14(18)8-13/h1-3,9,13-14,17-18H,4-5,7-8,10-11H2. The van der Waals surface area contributed by atoms with Gasteiger partial charge < -0.3 is 15.2 Å². The molecule has 1 aromatic carbocycles. The Balaban J connectivity index is 1.74. The van der Waals surface area contributed by atoms with Gasteiger partial charge in [0.25, 0.3) is 0 Å². The van der Waals surface area contributed by atoms with E-state index in [1.165, 1.54) is 0 Å². The molecule has 0 heterocycles. The maximum atomic E-state index is 9.46. The van der Waals surface area contributed by atoms with E-state index >= 15 is 0 Å². The molecular weight excluding hydrogens is 240 g/mol. The monoisotopic (exact) mass is 260 g/mol. The van der Waals surface area contributed by atoms with Gasteiger partial charge in [0.2, 0.25) is 0 Å². The number of benzene rings is 1. The van der Waals surface area contributed by atoms with Gasteiger partial charge in [0.05, 0.1) is 6.10 Å². The average molecular weight is 260 g/mol. The van der Waals surface area contributed by atoms with Crippen LogP contribution in [0, 0.1) is 17.2 Å². The van der Waals surface area contributed by atoms with Crippen molar-refractivity contribution in [1.82, 2.24) is 5.32 Å². The number of aliphatic hydroxyl groups excluding tert-OH is 1. The summed E-state index contributed by atoms with van der Waals surface area (Å²) in [5.41, 5.74) is 1.15. The predicted octanol–water partition coefficient (Wildman–Crippen LogP) is 1.84. The second kappa shape index (κ2) is 7.13. The van der Waals surface area contributed by atoms with Crippen molar-refractivity contribution in [1.29, 1.82) is 5.26 Å². The fourth-order valence-electron chi connectivity index (χ4n) is 2.52. The van der Waals surface area contributed by atoms with Crippen LogP contribution in [0.2, 0.25) is 0 Å². The summed E-state index contributed by atoms with van der Waals surface area (Å²) in [7, 11) is 0. The maximum Gasteiger partial charge on any atom is 0.174 e. The summed E-state index contributed by atoms with van der Waals surface area (Å²) < 4.78 is 5.27. The van der Waals surface area contributed by atoms with Crippen molar-refractivity contribution in [3.05, 3.63) is 29.8 Å². The number of rotatable bonds is 6. The van der Waals surface area contributed by atoms with Crippen molar-refractivity contribution in [2.24, 2.45) is 5.92 Å². The molecule has 1 aliphatic rings. The summed E-state index contributed by atoms with van der Waals surface area (Å²) in [5, 5.41) is 21.4. The third-order valence-electron chi connectivity index (χ3n) is 3.48. The van der Waals surface area contributed by atoms with Crippen molar-refractivity contribution in [3.63, 3.8) is 0 Å². The number of nitrogens with zero attached hydrogens (tertiary/aromatic N) is 1. The topological polar surface area (TPSA) is 65.3 Å². The summed E-state index contributed by atoms with van der Waals surface area (Å²) in [6, 6.07) is 9.74. The van der Waals surface area contributed by atoms with Crippen molar-refractivity contribution in [2.45, 2.75) is 31.9 Å². The SMILES string of the molecule is N#CCOc1cccc(CNCC2CCC(O)C2)c1. The van der Waals surface area contributed by atoms with Crippen molar-refractivity contribution in [2.75, 3.05) is 13.2 Å². The minimum Gasteiger partial charge on any atom is -0.479 e. The van der Waals surface area contributed by atoms with Gasteiger partial charge in [-0.1, -0.05) is 12.1 Å². The molecule has 2 rings (SSSR count). The summed E-state index contributed by atoms with van der Waals surface area (Å²) in [5.74, 6) is 1.32. The molecule has 1 aliphatic carbocycles. The van der Waals surface area contributed by atoms with E-state index in [2.05, 4.69) is 5.32 Å². The van der Waals surface area contributed by atoms with Gasteiger partial charge in [-0.2, -0.15) is 5.26 Å². The highest BCUT2D eigenvalue weighted by molar-refractivity contribution is 5.28. The van der Waals surface area contributed by atoms with Gasteiger partial charge in [0.15, 0.2) is 6.61 Å². The molecule has 4 nitrogen and oxygen atoms in total. The zero-order chi connectivity index (χ0) is 13.5. The molecule has 4 heteroatoms. The fraction of sp³-hybridized carbons (Fsp3) is 0.533. The minimum atomic E-state index is -0.102. The molecule has 2 unspecified atom stereocenters. The zero-order valence-electron chi connectivity index (χ0n) is 11.0. The summed E-state index contributed by atoms with van der Waals surface area (Å²) in [6.07, 6.45) is 2.86. The molecule has 0 saturated heterocycles. The Hall–Kier alpha value is -1.57. The first-order valence-corrected chi connectivity index (χ1v) is 6.75. The number of ether oxygens (including phenoxy) is 1. The first kappa shape index (κ1) is 13.9. The number of aliphatic hydroxyl groups is 1. The van der Waals surface area contributed by atoms with Gasteiger partial charge in [0, 0.05) is 6.54 Å². The predicted molar refractivity (Wildman–Crippen MR) is 72.6 cm³/mol. The number of nitrogens with one attached hydrogen (secondary N) is 1. The van der Waals surface area contributed by atoms with E-state index in [1.54, 1.807) is 0 Å². The summed E-state index contributed by atoms with van der Waals surface area (Å²) >= 11 is 0. The number of nitriles is 1. The smallest absolute Gasteiger partial charge is 0.174 e. The van der Waals surface area contributed by atoms with Crippen molar-refractivity contribution < 1.29 is 9.84 Å². The molecule has 0 aromatic heterocycles. The Labute approximate surface area is 114 Å². The van der Waals surface area contributed by atoms with Crippen LogP contribution < -0.4 is 10.1 Å². The van der Waals surface area contributed by atoms with Crippen LogP contribution in [-0.2, 0) is 6.54 Å². The Kier molecular flexibility index (Phi) is 5.20. The highest BCUT2D eigenvalue weighted by Gasteiger charge is 2.21. The van der Waals surface area contributed by atoms with Crippen LogP contribution in [0.3, 0.4) is 0 Å². The van der Waals surface area contributed by atoms with E-state index in [4.69, 9.17) is 10.00 Å². The van der Waals surface area contributed by atoms with Crippen molar-refractivity contribution >= 4 is 0 Å². The molecule has 0 spiro atoms. The molecule has 19 heavy (non-hydrogen) atoms. The molecule has 1 saturated carbocycles. The molecule has 0 radical (unpaired) electrons. The quantitative estimate of drug-likeness (QED) is 0.819. The van der Waals surface area contributed by atoms with Crippen LogP contribution >= 0.6 is 0 Å². The summed E-state index contributed by atoms with van der Waals surface area (Å²) in [4.78, 5) is 0. The Morgan fingerprint density at radius 3 is 3.05 bits per heavy atom. The van der Waals surface area contributed by atoms with Gasteiger partial charge in [-0.05, 0) is 49.4 Å². The van der Waals surface area contributed by atoms with E-state index in [9.17, 15) is 5.11 Å². The van der Waals surface area contributed by atoms with Crippen LogP contribution in [0.1, 0.15) is 24.8 Å². The largest absolute Gasteiger partial charge is 0.479 e. The average Bonchev–Trinajstić information content (AvgIpc) is 2.83. The lowest BCUT2D eigenvalue weighted by molar-refractivity contribution is 0.177. The lowest BCUT2D eigenvalue weighted by Gasteiger charge is -2.11. The van der Waals surface area contributed by atoms with E-state index in [0.717, 1.165) is 43.7 Å². The molecule has 1 aromatic rings. The van der Waals surface area contributed by atoms with Gasteiger partial charge in [-0.3, -0.25) is 0 Å². The van der Waals surface area contributed by atoms with E-state index < -0.39 is 0 Å². The fourth-order valence-corrected chi connectivity index (χ4v) is 2.52. The Morgan fingerprint density at radius 1 is 1.42 bits per heavy atom. The van der Waals surface area contributed by atoms with Gasteiger partial charge in [-0.25, -0.2) is 0 Å².